The topological polar surface area (TPSA) is 82.0 Å². The van der Waals surface area contributed by atoms with E-state index in [1.54, 1.807) is 6.92 Å². The SMILES string of the molecule is Cc1coc(Sc2nc(C(F)(F)F)ccc2C(N)=O)n1. The summed E-state index contributed by atoms with van der Waals surface area (Å²) in [6, 6.07) is 1.68. The molecule has 0 aliphatic carbocycles. The molecule has 20 heavy (non-hydrogen) atoms. The van der Waals surface area contributed by atoms with Crippen LogP contribution in [0.4, 0.5) is 13.2 Å². The van der Waals surface area contributed by atoms with Crippen LogP contribution in [0.5, 0.6) is 0 Å². The highest BCUT2D eigenvalue weighted by atomic mass is 32.2. The third kappa shape index (κ3) is 3.10. The highest BCUT2D eigenvalue weighted by Gasteiger charge is 2.33. The number of oxazole rings is 1. The van der Waals surface area contributed by atoms with E-state index in [1.165, 1.54) is 6.26 Å². The van der Waals surface area contributed by atoms with Crippen molar-refractivity contribution in [3.63, 3.8) is 0 Å². The number of hydrogen-bond donors (Lipinski definition) is 1. The Kier molecular flexibility index (Phi) is 3.71. The number of hydrogen-bond acceptors (Lipinski definition) is 5. The molecule has 0 saturated heterocycles. The summed E-state index contributed by atoms with van der Waals surface area (Å²) in [6.07, 6.45) is -3.28. The number of alkyl halides is 3. The van der Waals surface area contributed by atoms with Gasteiger partial charge in [0.25, 0.3) is 11.1 Å². The zero-order valence-electron chi connectivity index (χ0n) is 10.1. The highest BCUT2D eigenvalue weighted by Crippen LogP contribution is 2.33. The van der Waals surface area contributed by atoms with Gasteiger partial charge in [0.2, 0.25) is 0 Å². The van der Waals surface area contributed by atoms with E-state index in [0.29, 0.717) is 23.5 Å². The Hall–Kier alpha value is -2.03. The van der Waals surface area contributed by atoms with Crippen LogP contribution in [-0.4, -0.2) is 15.9 Å². The summed E-state index contributed by atoms with van der Waals surface area (Å²) in [5.74, 6) is -0.878. The molecule has 0 aliphatic heterocycles. The van der Waals surface area contributed by atoms with Crippen LogP contribution in [0, 0.1) is 6.92 Å². The Bertz CT molecular complexity index is 655. The molecule has 0 saturated carbocycles. The molecule has 0 atom stereocenters. The minimum Gasteiger partial charge on any atom is -0.439 e. The summed E-state index contributed by atoms with van der Waals surface area (Å²) < 4.78 is 42.9. The van der Waals surface area contributed by atoms with E-state index in [9.17, 15) is 18.0 Å². The van der Waals surface area contributed by atoms with Crippen LogP contribution in [0.1, 0.15) is 21.7 Å². The van der Waals surface area contributed by atoms with Crippen LogP contribution in [0.15, 0.2) is 33.1 Å². The lowest BCUT2D eigenvalue weighted by Gasteiger charge is -2.09. The molecule has 2 aromatic heterocycles. The molecule has 5 nitrogen and oxygen atoms in total. The highest BCUT2D eigenvalue weighted by molar-refractivity contribution is 7.99. The third-order valence-electron chi connectivity index (χ3n) is 2.20. The minimum atomic E-state index is -4.61. The van der Waals surface area contributed by atoms with Crippen molar-refractivity contribution in [3.05, 3.63) is 35.3 Å². The van der Waals surface area contributed by atoms with E-state index in [1.807, 2.05) is 0 Å². The lowest BCUT2D eigenvalue weighted by atomic mass is 10.2. The fraction of sp³-hybridized carbons (Fsp3) is 0.182. The normalized spacial score (nSPS) is 11.6. The Morgan fingerprint density at radius 2 is 2.05 bits per heavy atom. The van der Waals surface area contributed by atoms with Crippen molar-refractivity contribution in [2.24, 2.45) is 5.73 Å². The summed E-state index contributed by atoms with van der Waals surface area (Å²) >= 11 is 0.704. The summed E-state index contributed by atoms with van der Waals surface area (Å²) in [6.45, 7) is 1.65. The lowest BCUT2D eigenvalue weighted by Crippen LogP contribution is -2.16. The molecule has 0 aliphatic rings. The van der Waals surface area contributed by atoms with Gasteiger partial charge >= 0.3 is 6.18 Å². The molecule has 0 unspecified atom stereocenters. The van der Waals surface area contributed by atoms with Gasteiger partial charge in [-0.15, -0.1) is 0 Å². The molecular formula is C11H8F3N3O2S. The molecule has 2 N–H and O–H groups in total. The fourth-order valence-electron chi connectivity index (χ4n) is 1.33. The van der Waals surface area contributed by atoms with Gasteiger partial charge in [-0.25, -0.2) is 9.97 Å². The first-order valence-corrected chi connectivity index (χ1v) is 6.07. The van der Waals surface area contributed by atoms with Gasteiger partial charge in [0.15, 0.2) is 0 Å². The Morgan fingerprint density at radius 1 is 1.35 bits per heavy atom. The number of nitrogens with two attached hydrogens (primary N) is 1. The van der Waals surface area contributed by atoms with Gasteiger partial charge in [-0.2, -0.15) is 13.2 Å². The van der Waals surface area contributed by atoms with Crippen molar-refractivity contribution in [1.29, 1.82) is 0 Å². The minimum absolute atomic E-state index is 0.0804. The molecule has 1 amide bonds. The lowest BCUT2D eigenvalue weighted by molar-refractivity contribution is -0.141. The molecule has 0 radical (unpaired) electrons. The number of pyridine rings is 1. The monoisotopic (exact) mass is 303 g/mol. The summed E-state index contributed by atoms with van der Waals surface area (Å²) in [5.41, 5.74) is 4.42. The number of carbonyl (C=O) groups excluding carboxylic acids is 1. The second-order valence-corrected chi connectivity index (χ2v) is 4.71. The number of halogens is 3. The van der Waals surface area contributed by atoms with Gasteiger partial charge in [-0.1, -0.05) is 0 Å². The molecule has 2 rings (SSSR count). The van der Waals surface area contributed by atoms with Crippen molar-refractivity contribution >= 4 is 17.7 Å². The first kappa shape index (κ1) is 14.4. The molecule has 9 heteroatoms. The molecule has 106 valence electrons. The van der Waals surface area contributed by atoms with Gasteiger partial charge in [-0.05, 0) is 30.8 Å². The number of amides is 1. The van der Waals surface area contributed by atoms with Crippen molar-refractivity contribution < 1.29 is 22.4 Å². The van der Waals surface area contributed by atoms with E-state index >= 15 is 0 Å². The maximum atomic E-state index is 12.6. The quantitative estimate of drug-likeness (QED) is 0.942. The Balaban J connectivity index is 2.44. The molecule has 0 spiro atoms. The standard InChI is InChI=1S/C11H8F3N3O2S/c1-5-4-19-10(16-5)20-9-6(8(15)18)2-3-7(17-9)11(12,13)14/h2-4H,1H3,(H2,15,18). The van der Waals surface area contributed by atoms with Gasteiger partial charge in [0.1, 0.15) is 17.0 Å². The zero-order valence-corrected chi connectivity index (χ0v) is 10.9. The first-order valence-electron chi connectivity index (χ1n) is 5.25. The molecule has 0 bridgehead atoms. The number of aryl methyl sites for hydroxylation is 1. The van der Waals surface area contributed by atoms with Crippen LogP contribution in [0.25, 0.3) is 0 Å². The van der Waals surface area contributed by atoms with E-state index in [0.717, 1.165) is 6.07 Å². The average molecular weight is 303 g/mol. The number of aromatic nitrogens is 2. The fourth-order valence-corrected chi connectivity index (χ4v) is 2.20. The van der Waals surface area contributed by atoms with E-state index in [4.69, 9.17) is 10.2 Å². The molecule has 2 aromatic rings. The molecule has 0 fully saturated rings. The third-order valence-corrected chi connectivity index (χ3v) is 3.06. The van der Waals surface area contributed by atoms with Gasteiger partial charge in [0.05, 0.1) is 11.3 Å². The van der Waals surface area contributed by atoms with Crippen LogP contribution in [-0.2, 0) is 6.18 Å². The summed E-state index contributed by atoms with van der Waals surface area (Å²) in [4.78, 5) is 18.5. The van der Waals surface area contributed by atoms with Crippen LogP contribution >= 0.6 is 11.8 Å². The number of primary amides is 1. The van der Waals surface area contributed by atoms with Crippen molar-refractivity contribution in [2.45, 2.75) is 23.3 Å². The Labute approximate surface area is 115 Å². The van der Waals surface area contributed by atoms with Gasteiger partial charge in [-0.3, -0.25) is 4.79 Å². The Morgan fingerprint density at radius 3 is 2.55 bits per heavy atom. The predicted molar refractivity (Wildman–Crippen MR) is 63.1 cm³/mol. The maximum Gasteiger partial charge on any atom is 0.433 e. The molecular weight excluding hydrogens is 295 g/mol. The van der Waals surface area contributed by atoms with Crippen molar-refractivity contribution in [1.82, 2.24) is 9.97 Å². The zero-order chi connectivity index (χ0) is 14.9. The van der Waals surface area contributed by atoms with Gasteiger partial charge in [0, 0.05) is 0 Å². The van der Waals surface area contributed by atoms with E-state index in [2.05, 4.69) is 9.97 Å². The summed E-state index contributed by atoms with van der Waals surface area (Å²) in [7, 11) is 0. The number of rotatable bonds is 3. The van der Waals surface area contributed by atoms with E-state index < -0.39 is 17.8 Å². The maximum absolute atomic E-state index is 12.6. The molecule has 2 heterocycles. The first-order chi connectivity index (χ1) is 9.27. The molecule has 0 aromatic carbocycles. The largest absolute Gasteiger partial charge is 0.439 e. The van der Waals surface area contributed by atoms with Crippen molar-refractivity contribution in [3.8, 4) is 0 Å². The second-order valence-electron chi connectivity index (χ2n) is 3.77. The predicted octanol–water partition coefficient (Wildman–Crippen LogP) is 2.65. The average Bonchev–Trinajstić information content (AvgIpc) is 2.73. The second kappa shape index (κ2) is 5.16. The van der Waals surface area contributed by atoms with Crippen LogP contribution in [0.3, 0.4) is 0 Å². The number of nitrogens with zero attached hydrogens (tertiary/aromatic N) is 2. The number of carbonyl (C=O) groups is 1. The van der Waals surface area contributed by atoms with Crippen LogP contribution in [0.2, 0.25) is 0 Å². The van der Waals surface area contributed by atoms with Crippen LogP contribution < -0.4 is 5.73 Å². The summed E-state index contributed by atoms with van der Waals surface area (Å²) in [5, 5.41) is -0.119. The van der Waals surface area contributed by atoms with E-state index in [-0.39, 0.29) is 15.8 Å². The van der Waals surface area contributed by atoms with Gasteiger partial charge < -0.3 is 10.2 Å². The van der Waals surface area contributed by atoms with Crippen molar-refractivity contribution in [2.75, 3.05) is 0 Å². The smallest absolute Gasteiger partial charge is 0.433 e.